The SMILES string of the molecule is CCOC(=O)[C@]1(c2nc(F)cc(F)n2)CCN(C(=O)OC(C)(C)C)C1=O. The van der Waals surface area contributed by atoms with Gasteiger partial charge in [-0.1, -0.05) is 0 Å². The molecular formula is C16H19F2N3O5. The summed E-state index contributed by atoms with van der Waals surface area (Å²) in [4.78, 5) is 45.1. The zero-order valence-electron chi connectivity index (χ0n) is 14.8. The zero-order valence-corrected chi connectivity index (χ0v) is 14.8. The molecule has 0 saturated carbocycles. The van der Waals surface area contributed by atoms with Gasteiger partial charge in [0.1, 0.15) is 5.60 Å². The van der Waals surface area contributed by atoms with Crippen LogP contribution in [0.4, 0.5) is 13.6 Å². The van der Waals surface area contributed by atoms with Gasteiger partial charge in [-0.25, -0.2) is 19.7 Å². The van der Waals surface area contributed by atoms with Gasteiger partial charge in [0.25, 0.3) is 5.91 Å². The highest BCUT2D eigenvalue weighted by Crippen LogP contribution is 2.36. The second-order valence-electron chi connectivity index (χ2n) is 6.65. The van der Waals surface area contributed by atoms with Crippen LogP contribution >= 0.6 is 0 Å². The number of carbonyl (C=O) groups excluding carboxylic acids is 3. The van der Waals surface area contributed by atoms with E-state index < -0.39 is 46.7 Å². The zero-order chi connectivity index (χ0) is 19.7. The van der Waals surface area contributed by atoms with Crippen LogP contribution in [0, 0.1) is 11.9 Å². The Morgan fingerprint density at radius 3 is 2.35 bits per heavy atom. The Morgan fingerprint density at radius 2 is 1.85 bits per heavy atom. The van der Waals surface area contributed by atoms with Crippen LogP contribution in [0.5, 0.6) is 0 Å². The highest BCUT2D eigenvalue weighted by atomic mass is 19.1. The first-order valence-electron chi connectivity index (χ1n) is 7.94. The molecule has 142 valence electrons. The molecule has 0 N–H and O–H groups in total. The second kappa shape index (κ2) is 6.93. The van der Waals surface area contributed by atoms with Crippen molar-refractivity contribution in [3.63, 3.8) is 0 Å². The minimum Gasteiger partial charge on any atom is -0.465 e. The number of nitrogens with zero attached hydrogens (tertiary/aromatic N) is 3. The van der Waals surface area contributed by atoms with Crippen molar-refractivity contribution >= 4 is 18.0 Å². The van der Waals surface area contributed by atoms with Crippen molar-refractivity contribution in [3.05, 3.63) is 23.8 Å². The van der Waals surface area contributed by atoms with E-state index in [0.29, 0.717) is 11.0 Å². The summed E-state index contributed by atoms with van der Waals surface area (Å²) in [6, 6.07) is 0.410. The van der Waals surface area contributed by atoms with E-state index in [1.807, 2.05) is 0 Å². The molecule has 1 aliphatic rings. The first kappa shape index (κ1) is 19.7. The second-order valence-corrected chi connectivity index (χ2v) is 6.65. The number of hydrogen-bond donors (Lipinski definition) is 0. The van der Waals surface area contributed by atoms with Crippen LogP contribution in [-0.4, -0.2) is 51.6 Å². The average molecular weight is 371 g/mol. The molecule has 1 aliphatic heterocycles. The van der Waals surface area contributed by atoms with Crippen LogP contribution in [0.1, 0.15) is 39.9 Å². The number of likely N-dealkylation sites (tertiary alicyclic amines) is 1. The molecule has 0 bridgehead atoms. The van der Waals surface area contributed by atoms with Gasteiger partial charge in [-0.2, -0.15) is 8.78 Å². The largest absolute Gasteiger partial charge is 0.465 e. The molecule has 1 aromatic rings. The summed E-state index contributed by atoms with van der Waals surface area (Å²) in [5.74, 6) is -5.32. The number of aromatic nitrogens is 2. The number of ether oxygens (including phenoxy) is 2. The Kier molecular flexibility index (Phi) is 5.24. The molecule has 0 unspecified atom stereocenters. The Bertz CT molecular complexity index is 730. The molecule has 10 heteroatoms. The lowest BCUT2D eigenvalue weighted by Gasteiger charge is -2.26. The molecule has 1 aromatic heterocycles. The van der Waals surface area contributed by atoms with Crippen LogP contribution < -0.4 is 0 Å². The maximum absolute atomic E-state index is 13.5. The molecule has 2 amide bonds. The highest BCUT2D eigenvalue weighted by Gasteiger charge is 2.60. The lowest BCUT2D eigenvalue weighted by Crippen LogP contribution is -2.49. The predicted octanol–water partition coefficient (Wildman–Crippen LogP) is 1.72. The van der Waals surface area contributed by atoms with E-state index in [0.717, 1.165) is 0 Å². The third kappa shape index (κ3) is 3.63. The summed E-state index contributed by atoms with van der Waals surface area (Å²) >= 11 is 0. The lowest BCUT2D eigenvalue weighted by atomic mass is 9.85. The fourth-order valence-electron chi connectivity index (χ4n) is 2.53. The minimum atomic E-state index is -2.21. The number of esters is 1. The van der Waals surface area contributed by atoms with Gasteiger partial charge in [-0.05, 0) is 34.1 Å². The topological polar surface area (TPSA) is 98.7 Å². The Labute approximate surface area is 148 Å². The van der Waals surface area contributed by atoms with Gasteiger partial charge in [0.2, 0.25) is 17.3 Å². The van der Waals surface area contributed by atoms with E-state index in [2.05, 4.69) is 9.97 Å². The number of amides is 2. The summed E-state index contributed by atoms with van der Waals surface area (Å²) in [5, 5.41) is 0. The van der Waals surface area contributed by atoms with Crippen molar-refractivity contribution in [1.29, 1.82) is 0 Å². The molecule has 2 rings (SSSR count). The fraction of sp³-hybridized carbons (Fsp3) is 0.562. The van der Waals surface area contributed by atoms with Crippen molar-refractivity contribution in [2.75, 3.05) is 13.2 Å². The summed E-state index contributed by atoms with van der Waals surface area (Å²) in [7, 11) is 0. The summed E-state index contributed by atoms with van der Waals surface area (Å²) in [6.45, 7) is 6.02. The van der Waals surface area contributed by atoms with E-state index in [1.54, 1.807) is 20.8 Å². The van der Waals surface area contributed by atoms with Gasteiger partial charge in [0.05, 0.1) is 6.61 Å². The summed E-state index contributed by atoms with van der Waals surface area (Å²) < 4.78 is 37.1. The smallest absolute Gasteiger partial charge is 0.417 e. The minimum absolute atomic E-state index is 0.0852. The lowest BCUT2D eigenvalue weighted by molar-refractivity contribution is -0.155. The first-order valence-corrected chi connectivity index (χ1v) is 7.94. The van der Waals surface area contributed by atoms with Crippen LogP contribution in [0.15, 0.2) is 6.07 Å². The number of imide groups is 1. The molecular weight excluding hydrogens is 352 g/mol. The van der Waals surface area contributed by atoms with Crippen LogP contribution in [0.25, 0.3) is 0 Å². The van der Waals surface area contributed by atoms with Gasteiger partial charge < -0.3 is 9.47 Å². The van der Waals surface area contributed by atoms with Crippen molar-refractivity contribution in [2.45, 2.75) is 45.1 Å². The summed E-state index contributed by atoms with van der Waals surface area (Å²) in [5.41, 5.74) is -3.09. The molecule has 1 atom stereocenters. The van der Waals surface area contributed by atoms with Gasteiger partial charge in [0, 0.05) is 12.6 Å². The third-order valence-corrected chi connectivity index (χ3v) is 3.60. The van der Waals surface area contributed by atoms with Crippen LogP contribution in [0.2, 0.25) is 0 Å². The Balaban J connectivity index is 2.48. The molecule has 1 saturated heterocycles. The van der Waals surface area contributed by atoms with Gasteiger partial charge in [0.15, 0.2) is 5.82 Å². The standard InChI is InChI=1S/C16H19F2N3O5/c1-5-25-13(23)16(11-19-9(17)8-10(18)20-11)6-7-21(12(16)22)14(24)26-15(2,3)4/h8H,5-7H2,1-4H3/t16-/m0/s1. The van der Waals surface area contributed by atoms with Crippen molar-refractivity contribution in [2.24, 2.45) is 0 Å². The molecule has 2 heterocycles. The van der Waals surface area contributed by atoms with E-state index in [4.69, 9.17) is 9.47 Å². The predicted molar refractivity (Wildman–Crippen MR) is 82.8 cm³/mol. The number of halogens is 2. The normalized spacial score (nSPS) is 20.2. The Morgan fingerprint density at radius 1 is 1.27 bits per heavy atom. The Hall–Kier alpha value is -2.65. The fourth-order valence-corrected chi connectivity index (χ4v) is 2.53. The van der Waals surface area contributed by atoms with Crippen molar-refractivity contribution < 1.29 is 32.6 Å². The van der Waals surface area contributed by atoms with E-state index in [9.17, 15) is 23.2 Å². The van der Waals surface area contributed by atoms with Crippen LogP contribution in [0.3, 0.4) is 0 Å². The quantitative estimate of drug-likeness (QED) is 0.453. The van der Waals surface area contributed by atoms with Gasteiger partial charge >= 0.3 is 12.1 Å². The molecule has 1 fully saturated rings. The van der Waals surface area contributed by atoms with E-state index >= 15 is 0 Å². The van der Waals surface area contributed by atoms with Crippen LogP contribution in [-0.2, 0) is 24.5 Å². The van der Waals surface area contributed by atoms with Crippen molar-refractivity contribution in [1.82, 2.24) is 14.9 Å². The molecule has 0 aromatic carbocycles. The first-order chi connectivity index (χ1) is 12.0. The number of carbonyl (C=O) groups is 3. The monoisotopic (exact) mass is 371 g/mol. The maximum atomic E-state index is 13.5. The van der Waals surface area contributed by atoms with Crippen molar-refractivity contribution in [3.8, 4) is 0 Å². The number of rotatable bonds is 3. The van der Waals surface area contributed by atoms with E-state index in [1.165, 1.54) is 6.92 Å². The molecule has 8 nitrogen and oxygen atoms in total. The number of hydrogen-bond acceptors (Lipinski definition) is 7. The average Bonchev–Trinajstić information content (AvgIpc) is 2.83. The van der Waals surface area contributed by atoms with Gasteiger partial charge in [-0.3, -0.25) is 9.59 Å². The molecule has 0 aliphatic carbocycles. The van der Waals surface area contributed by atoms with E-state index in [-0.39, 0.29) is 19.6 Å². The third-order valence-electron chi connectivity index (χ3n) is 3.60. The molecule has 0 radical (unpaired) electrons. The van der Waals surface area contributed by atoms with Gasteiger partial charge in [-0.15, -0.1) is 0 Å². The molecule has 26 heavy (non-hydrogen) atoms. The maximum Gasteiger partial charge on any atom is 0.417 e. The molecule has 0 spiro atoms. The summed E-state index contributed by atoms with van der Waals surface area (Å²) in [6.07, 6.45) is -1.27. The highest BCUT2D eigenvalue weighted by molar-refractivity contribution is 6.13.